The Labute approximate surface area is 179 Å². The molecule has 162 valence electrons. The summed E-state index contributed by atoms with van der Waals surface area (Å²) < 4.78 is 11.7. The molecular formula is C25H33NO4. The van der Waals surface area contributed by atoms with Crippen molar-refractivity contribution in [3.05, 3.63) is 59.7 Å². The molecular weight excluding hydrogens is 378 g/mol. The smallest absolute Gasteiger partial charge is 0.306 e. The molecule has 0 unspecified atom stereocenters. The average molecular weight is 412 g/mol. The molecule has 0 bridgehead atoms. The summed E-state index contributed by atoms with van der Waals surface area (Å²) in [5.41, 5.74) is 2.49. The Morgan fingerprint density at radius 2 is 1.80 bits per heavy atom. The summed E-state index contributed by atoms with van der Waals surface area (Å²) in [7, 11) is 1.68. The molecule has 3 rings (SSSR count). The van der Waals surface area contributed by atoms with Gasteiger partial charge in [-0.25, -0.2) is 0 Å². The third kappa shape index (κ3) is 6.49. The zero-order valence-electron chi connectivity index (χ0n) is 17.9. The normalized spacial score (nSPS) is 15.1. The van der Waals surface area contributed by atoms with Crippen LogP contribution >= 0.6 is 0 Å². The first-order valence-electron chi connectivity index (χ1n) is 10.9. The van der Waals surface area contributed by atoms with Gasteiger partial charge in [-0.2, -0.15) is 0 Å². The summed E-state index contributed by atoms with van der Waals surface area (Å²) in [6.45, 7) is 3.43. The van der Waals surface area contributed by atoms with Crippen LogP contribution in [0.1, 0.15) is 36.8 Å². The molecule has 30 heavy (non-hydrogen) atoms. The van der Waals surface area contributed by atoms with Crippen molar-refractivity contribution in [3.8, 4) is 11.5 Å². The van der Waals surface area contributed by atoms with Crippen LogP contribution in [0, 0.1) is 5.92 Å². The standard InChI is InChI=1S/C25H33NO4/c1-29-23-11-7-10-21(13-12-20-8-3-2-4-9-20)24(23)30-19-6-5-16-26-17-14-22(15-18-26)25(27)28/h2-4,7-11,22H,5-6,12-19H2,1H3,(H,27,28). The number of ether oxygens (including phenoxy) is 2. The highest BCUT2D eigenvalue weighted by atomic mass is 16.5. The number of hydrogen-bond acceptors (Lipinski definition) is 4. The molecule has 0 spiro atoms. The van der Waals surface area contributed by atoms with Gasteiger partial charge in [0.2, 0.25) is 0 Å². The lowest BCUT2D eigenvalue weighted by Crippen LogP contribution is -2.36. The zero-order valence-corrected chi connectivity index (χ0v) is 17.9. The second kappa shape index (κ2) is 11.6. The maximum Gasteiger partial charge on any atom is 0.306 e. The van der Waals surface area contributed by atoms with Crippen LogP contribution in [-0.2, 0) is 17.6 Å². The van der Waals surface area contributed by atoms with Crippen LogP contribution in [0.3, 0.4) is 0 Å². The lowest BCUT2D eigenvalue weighted by Gasteiger charge is -2.29. The van der Waals surface area contributed by atoms with Crippen LogP contribution in [0.25, 0.3) is 0 Å². The molecule has 2 aromatic carbocycles. The molecule has 1 N–H and O–H groups in total. The summed E-state index contributed by atoms with van der Waals surface area (Å²) in [6.07, 6.45) is 5.42. The monoisotopic (exact) mass is 411 g/mol. The summed E-state index contributed by atoms with van der Waals surface area (Å²) >= 11 is 0. The van der Waals surface area contributed by atoms with Gasteiger partial charge in [-0.1, -0.05) is 42.5 Å². The maximum absolute atomic E-state index is 11.1. The van der Waals surface area contributed by atoms with Crippen molar-refractivity contribution in [2.75, 3.05) is 33.4 Å². The second-order valence-electron chi connectivity index (χ2n) is 7.94. The van der Waals surface area contributed by atoms with Crippen molar-refractivity contribution in [1.82, 2.24) is 4.90 Å². The number of piperidine rings is 1. The van der Waals surface area contributed by atoms with Crippen LogP contribution in [0.15, 0.2) is 48.5 Å². The molecule has 0 aromatic heterocycles. The molecule has 5 nitrogen and oxygen atoms in total. The topological polar surface area (TPSA) is 59.0 Å². The zero-order chi connectivity index (χ0) is 21.2. The van der Waals surface area contributed by atoms with E-state index in [0.29, 0.717) is 6.61 Å². The van der Waals surface area contributed by atoms with E-state index >= 15 is 0 Å². The Bertz CT molecular complexity index is 785. The van der Waals surface area contributed by atoms with E-state index in [1.165, 1.54) is 11.1 Å². The van der Waals surface area contributed by atoms with Crippen molar-refractivity contribution >= 4 is 5.97 Å². The number of carbonyl (C=O) groups is 1. The fraction of sp³-hybridized carbons (Fsp3) is 0.480. The molecule has 0 saturated carbocycles. The van der Waals surface area contributed by atoms with E-state index in [9.17, 15) is 4.79 Å². The molecule has 5 heteroatoms. The number of carboxylic acid groups (broad SMARTS) is 1. The fourth-order valence-electron chi connectivity index (χ4n) is 4.02. The van der Waals surface area contributed by atoms with Gasteiger partial charge in [-0.15, -0.1) is 0 Å². The summed E-state index contributed by atoms with van der Waals surface area (Å²) in [5.74, 6) is 0.835. The number of benzene rings is 2. The molecule has 1 saturated heterocycles. The highest BCUT2D eigenvalue weighted by Crippen LogP contribution is 2.32. The first kappa shape index (κ1) is 22.2. The average Bonchev–Trinajstić information content (AvgIpc) is 2.78. The molecule has 1 aliphatic rings. The maximum atomic E-state index is 11.1. The van der Waals surface area contributed by atoms with E-state index in [1.807, 2.05) is 18.2 Å². The van der Waals surface area contributed by atoms with Gasteiger partial charge in [0.25, 0.3) is 0 Å². The molecule has 0 amide bonds. The number of nitrogens with zero attached hydrogens (tertiary/aromatic N) is 1. The first-order chi connectivity index (χ1) is 14.7. The summed E-state index contributed by atoms with van der Waals surface area (Å²) in [4.78, 5) is 13.4. The lowest BCUT2D eigenvalue weighted by atomic mass is 9.97. The molecule has 0 radical (unpaired) electrons. The largest absolute Gasteiger partial charge is 0.493 e. The predicted octanol–water partition coefficient (Wildman–Crippen LogP) is 4.44. The SMILES string of the molecule is COc1cccc(CCc2ccccc2)c1OCCCCN1CCC(C(=O)O)CC1. The number of hydrogen-bond donors (Lipinski definition) is 1. The van der Waals surface area contributed by atoms with Gasteiger partial charge in [0.15, 0.2) is 11.5 Å². The van der Waals surface area contributed by atoms with Crippen LogP contribution in [-0.4, -0.2) is 49.3 Å². The lowest BCUT2D eigenvalue weighted by molar-refractivity contribution is -0.143. The van der Waals surface area contributed by atoms with Crippen LogP contribution in [0.2, 0.25) is 0 Å². The number of likely N-dealkylation sites (tertiary alicyclic amines) is 1. The van der Waals surface area contributed by atoms with Gasteiger partial charge < -0.3 is 19.5 Å². The Kier molecular flexibility index (Phi) is 8.57. The highest BCUT2D eigenvalue weighted by Gasteiger charge is 2.23. The van der Waals surface area contributed by atoms with E-state index < -0.39 is 5.97 Å². The molecule has 0 atom stereocenters. The number of para-hydroxylation sites is 1. The van der Waals surface area contributed by atoms with Crippen LogP contribution in [0.5, 0.6) is 11.5 Å². The van der Waals surface area contributed by atoms with Gasteiger partial charge >= 0.3 is 5.97 Å². The molecule has 1 fully saturated rings. The van der Waals surface area contributed by atoms with Crippen molar-refractivity contribution in [1.29, 1.82) is 0 Å². The Balaban J connectivity index is 1.44. The third-order valence-electron chi connectivity index (χ3n) is 5.86. The van der Waals surface area contributed by atoms with E-state index in [1.54, 1.807) is 7.11 Å². The number of unbranched alkanes of at least 4 members (excludes halogenated alkanes) is 1. The minimum atomic E-state index is -0.650. The quantitative estimate of drug-likeness (QED) is 0.554. The van der Waals surface area contributed by atoms with Crippen molar-refractivity contribution < 1.29 is 19.4 Å². The molecule has 2 aromatic rings. The van der Waals surface area contributed by atoms with Crippen molar-refractivity contribution in [2.24, 2.45) is 5.92 Å². The second-order valence-corrected chi connectivity index (χ2v) is 7.94. The van der Waals surface area contributed by atoms with Gasteiger partial charge in [-0.3, -0.25) is 4.79 Å². The number of methoxy groups -OCH3 is 1. The molecule has 1 aliphatic heterocycles. The van der Waals surface area contributed by atoms with E-state index in [2.05, 4.69) is 35.2 Å². The van der Waals surface area contributed by atoms with Gasteiger partial charge in [-0.05, 0) is 75.4 Å². The number of carboxylic acids is 1. The van der Waals surface area contributed by atoms with Crippen molar-refractivity contribution in [2.45, 2.75) is 38.5 Å². The predicted molar refractivity (Wildman–Crippen MR) is 118 cm³/mol. The minimum absolute atomic E-state index is 0.163. The van der Waals surface area contributed by atoms with Crippen LogP contribution in [0.4, 0.5) is 0 Å². The minimum Gasteiger partial charge on any atom is -0.493 e. The Morgan fingerprint density at radius 3 is 2.50 bits per heavy atom. The Hall–Kier alpha value is -2.53. The number of aliphatic carboxylic acids is 1. The van der Waals surface area contributed by atoms with E-state index in [4.69, 9.17) is 14.6 Å². The van der Waals surface area contributed by atoms with Crippen molar-refractivity contribution in [3.63, 3.8) is 0 Å². The van der Waals surface area contributed by atoms with Gasteiger partial charge in [0, 0.05) is 0 Å². The van der Waals surface area contributed by atoms with Gasteiger partial charge in [0.1, 0.15) is 0 Å². The summed E-state index contributed by atoms with van der Waals surface area (Å²) in [5, 5.41) is 9.10. The van der Waals surface area contributed by atoms with Crippen LogP contribution < -0.4 is 9.47 Å². The Morgan fingerprint density at radius 1 is 1.03 bits per heavy atom. The van der Waals surface area contributed by atoms with Gasteiger partial charge in [0.05, 0.1) is 19.6 Å². The summed E-state index contributed by atoms with van der Waals surface area (Å²) in [6, 6.07) is 16.6. The fourth-order valence-corrected chi connectivity index (χ4v) is 4.02. The molecule has 0 aliphatic carbocycles. The number of rotatable bonds is 11. The highest BCUT2D eigenvalue weighted by molar-refractivity contribution is 5.70. The van der Waals surface area contributed by atoms with E-state index in [0.717, 1.165) is 69.7 Å². The third-order valence-corrected chi connectivity index (χ3v) is 5.86. The first-order valence-corrected chi connectivity index (χ1v) is 10.9. The van der Waals surface area contributed by atoms with E-state index in [-0.39, 0.29) is 5.92 Å². The number of aryl methyl sites for hydroxylation is 2. The molecule has 1 heterocycles.